The molecule has 110 valence electrons. The van der Waals surface area contributed by atoms with E-state index < -0.39 is 0 Å². The van der Waals surface area contributed by atoms with E-state index in [0.29, 0.717) is 27.3 Å². The van der Waals surface area contributed by atoms with Gasteiger partial charge in [0.25, 0.3) is 5.56 Å². The number of Topliss-reactive ketones (excluding diaryl/α,β-unsaturated/α-hetero) is 1. The molecule has 0 unspecified atom stereocenters. The quantitative estimate of drug-likeness (QED) is 0.574. The molecule has 0 aliphatic heterocycles. The van der Waals surface area contributed by atoms with Gasteiger partial charge in [-0.25, -0.2) is 4.98 Å². The summed E-state index contributed by atoms with van der Waals surface area (Å²) in [7, 11) is 0. The molecule has 2 rings (SSSR count). The van der Waals surface area contributed by atoms with Gasteiger partial charge in [-0.15, -0.1) is 0 Å². The van der Waals surface area contributed by atoms with Gasteiger partial charge in [0.15, 0.2) is 5.78 Å². The van der Waals surface area contributed by atoms with E-state index >= 15 is 0 Å². The van der Waals surface area contributed by atoms with Crippen molar-refractivity contribution in [3.05, 3.63) is 55.8 Å². The maximum atomic E-state index is 12.5. The Kier molecular flexibility index (Phi) is 5.11. The third-order valence-electron chi connectivity index (χ3n) is 2.99. The first-order valence-corrected chi connectivity index (χ1v) is 7.59. The molecule has 0 saturated heterocycles. The van der Waals surface area contributed by atoms with Crippen LogP contribution in [-0.2, 0) is 6.54 Å². The molecule has 0 N–H and O–H groups in total. The van der Waals surface area contributed by atoms with E-state index in [9.17, 15) is 9.59 Å². The highest BCUT2D eigenvalue weighted by molar-refractivity contribution is 14.1. The number of aryl methyl sites for hydroxylation is 1. The number of ketones is 1. The summed E-state index contributed by atoms with van der Waals surface area (Å²) >= 11 is 1.92. The summed E-state index contributed by atoms with van der Waals surface area (Å²) in [6.45, 7) is 4.01. The summed E-state index contributed by atoms with van der Waals surface area (Å²) in [5.74, 6) is 0.880. The highest BCUT2D eigenvalue weighted by atomic mass is 127. The molecule has 1 aromatic carbocycles. The molecule has 1 aromatic heterocycles. The van der Waals surface area contributed by atoms with Crippen molar-refractivity contribution in [2.24, 2.45) is 0 Å². The summed E-state index contributed by atoms with van der Waals surface area (Å²) in [5, 5.41) is 0. The van der Waals surface area contributed by atoms with Crippen molar-refractivity contribution in [2.75, 3.05) is 6.61 Å². The first-order chi connectivity index (χ1) is 10.0. The van der Waals surface area contributed by atoms with Crippen molar-refractivity contribution >= 4 is 28.4 Å². The zero-order chi connectivity index (χ0) is 15.4. The number of halogens is 1. The van der Waals surface area contributed by atoms with Crippen molar-refractivity contribution in [1.82, 2.24) is 9.55 Å². The zero-order valence-electron chi connectivity index (χ0n) is 11.8. The molecule has 0 amide bonds. The van der Waals surface area contributed by atoms with Gasteiger partial charge in [0.05, 0.1) is 22.3 Å². The molecular formula is C15H15IN2O3. The number of ether oxygens (including phenoxy) is 1. The second kappa shape index (κ2) is 6.84. The van der Waals surface area contributed by atoms with E-state index in [1.807, 2.05) is 35.6 Å². The fraction of sp³-hybridized carbons (Fsp3) is 0.267. The van der Waals surface area contributed by atoms with Crippen molar-refractivity contribution in [1.29, 1.82) is 0 Å². The zero-order valence-corrected chi connectivity index (χ0v) is 14.0. The molecule has 6 heteroatoms. The van der Waals surface area contributed by atoms with Gasteiger partial charge >= 0.3 is 0 Å². The number of para-hydroxylation sites is 1. The molecule has 1 heterocycles. The minimum atomic E-state index is -0.203. The number of hydrogen-bond donors (Lipinski definition) is 0. The third-order valence-corrected chi connectivity index (χ3v) is 3.73. The highest BCUT2D eigenvalue weighted by Gasteiger charge is 2.15. The van der Waals surface area contributed by atoms with E-state index in [0.717, 1.165) is 0 Å². The monoisotopic (exact) mass is 398 g/mol. The van der Waals surface area contributed by atoms with Crippen LogP contribution in [0.4, 0.5) is 0 Å². The average Bonchev–Trinajstić information content (AvgIpc) is 2.48. The van der Waals surface area contributed by atoms with Gasteiger partial charge in [0, 0.05) is 6.20 Å². The topological polar surface area (TPSA) is 61.2 Å². The highest BCUT2D eigenvalue weighted by Crippen LogP contribution is 2.19. The van der Waals surface area contributed by atoms with E-state index in [4.69, 9.17) is 4.74 Å². The van der Waals surface area contributed by atoms with Crippen molar-refractivity contribution in [2.45, 2.75) is 20.4 Å². The Balaban J connectivity index is 2.35. The number of carbonyl (C=O) groups excluding carboxylic acids is 1. The molecule has 0 aliphatic rings. The van der Waals surface area contributed by atoms with Crippen LogP contribution in [0.2, 0.25) is 0 Å². The summed E-state index contributed by atoms with van der Waals surface area (Å²) < 4.78 is 7.33. The van der Waals surface area contributed by atoms with Crippen LogP contribution in [0, 0.1) is 10.5 Å². The molecule has 0 fully saturated rings. The average molecular weight is 398 g/mol. The second-order valence-electron chi connectivity index (χ2n) is 4.40. The lowest BCUT2D eigenvalue weighted by molar-refractivity contribution is 0.0965. The molecular weight excluding hydrogens is 383 g/mol. The standard InChI is InChI=1S/C15H15IN2O3/c1-3-21-14-7-5-4-6-11(14)13(19)9-18-10(2)17-8-12(16)15(18)20/h4-8H,3,9H2,1-2H3. The summed E-state index contributed by atoms with van der Waals surface area (Å²) in [4.78, 5) is 28.7. The SMILES string of the molecule is CCOc1ccccc1C(=O)Cn1c(C)ncc(I)c1=O. The van der Waals surface area contributed by atoms with E-state index in [2.05, 4.69) is 4.98 Å². The predicted molar refractivity (Wildman–Crippen MR) is 87.9 cm³/mol. The lowest BCUT2D eigenvalue weighted by Crippen LogP contribution is -2.29. The molecule has 0 saturated carbocycles. The Morgan fingerprint density at radius 2 is 2.10 bits per heavy atom. The van der Waals surface area contributed by atoms with E-state index in [1.165, 1.54) is 10.8 Å². The van der Waals surface area contributed by atoms with Gasteiger partial charge in [-0.2, -0.15) is 0 Å². The molecule has 0 radical (unpaired) electrons. The van der Waals surface area contributed by atoms with Crippen LogP contribution in [0.25, 0.3) is 0 Å². The van der Waals surface area contributed by atoms with E-state index in [1.54, 1.807) is 25.1 Å². The first kappa shape index (κ1) is 15.7. The Morgan fingerprint density at radius 3 is 2.81 bits per heavy atom. The molecule has 0 bridgehead atoms. The number of carbonyl (C=O) groups is 1. The van der Waals surface area contributed by atoms with E-state index in [-0.39, 0.29) is 17.9 Å². The minimum absolute atomic E-state index is 0.0431. The smallest absolute Gasteiger partial charge is 0.267 e. The van der Waals surface area contributed by atoms with Crippen LogP contribution in [0.5, 0.6) is 5.75 Å². The van der Waals surface area contributed by atoms with Gasteiger partial charge < -0.3 is 4.74 Å². The number of benzene rings is 1. The number of aromatic nitrogens is 2. The Morgan fingerprint density at radius 1 is 1.38 bits per heavy atom. The van der Waals surface area contributed by atoms with Gasteiger partial charge in [0.1, 0.15) is 11.6 Å². The van der Waals surface area contributed by atoms with Crippen LogP contribution in [0.3, 0.4) is 0 Å². The largest absolute Gasteiger partial charge is 0.493 e. The normalized spacial score (nSPS) is 10.4. The van der Waals surface area contributed by atoms with Crippen LogP contribution < -0.4 is 10.3 Å². The molecule has 0 atom stereocenters. The summed E-state index contributed by atoms with van der Waals surface area (Å²) in [5.41, 5.74) is 0.273. The first-order valence-electron chi connectivity index (χ1n) is 6.51. The van der Waals surface area contributed by atoms with Gasteiger partial charge in [-0.05, 0) is 48.6 Å². The maximum Gasteiger partial charge on any atom is 0.267 e. The molecule has 21 heavy (non-hydrogen) atoms. The molecule has 0 spiro atoms. The lowest BCUT2D eigenvalue weighted by Gasteiger charge is -2.11. The van der Waals surface area contributed by atoms with Crippen molar-refractivity contribution in [3.8, 4) is 5.75 Å². The second-order valence-corrected chi connectivity index (χ2v) is 5.56. The fourth-order valence-corrected chi connectivity index (χ4v) is 2.37. The number of hydrogen-bond acceptors (Lipinski definition) is 4. The molecule has 0 aliphatic carbocycles. The van der Waals surface area contributed by atoms with Gasteiger partial charge in [-0.3, -0.25) is 14.2 Å². The Hall–Kier alpha value is -1.70. The third kappa shape index (κ3) is 3.49. The Labute approximate surface area is 136 Å². The Bertz CT molecular complexity index is 725. The van der Waals surface area contributed by atoms with Crippen LogP contribution >= 0.6 is 22.6 Å². The maximum absolute atomic E-state index is 12.5. The van der Waals surface area contributed by atoms with Crippen LogP contribution in [0.15, 0.2) is 35.3 Å². The molecule has 5 nitrogen and oxygen atoms in total. The predicted octanol–water partition coefficient (Wildman–Crippen LogP) is 2.44. The fourth-order valence-electron chi connectivity index (χ4n) is 1.94. The van der Waals surface area contributed by atoms with Crippen LogP contribution in [0.1, 0.15) is 23.1 Å². The van der Waals surface area contributed by atoms with Crippen molar-refractivity contribution < 1.29 is 9.53 Å². The number of nitrogens with zero attached hydrogens (tertiary/aromatic N) is 2. The molecule has 2 aromatic rings. The lowest BCUT2D eigenvalue weighted by atomic mass is 10.1. The summed E-state index contributed by atoms with van der Waals surface area (Å²) in [6.07, 6.45) is 1.51. The van der Waals surface area contributed by atoms with Gasteiger partial charge in [-0.1, -0.05) is 12.1 Å². The van der Waals surface area contributed by atoms with Crippen LogP contribution in [-0.4, -0.2) is 21.9 Å². The number of rotatable bonds is 5. The van der Waals surface area contributed by atoms with Gasteiger partial charge in [0.2, 0.25) is 0 Å². The van der Waals surface area contributed by atoms with Crippen molar-refractivity contribution in [3.63, 3.8) is 0 Å². The summed E-state index contributed by atoms with van der Waals surface area (Å²) in [6, 6.07) is 7.04. The minimum Gasteiger partial charge on any atom is -0.493 e.